The molecule has 0 fully saturated rings. The zero-order valence-electron chi connectivity index (χ0n) is 14.4. The molecular formula is C20H15N5O2. The molecule has 4 aromatic heterocycles. The molecule has 0 unspecified atom stereocenters. The SMILES string of the molecule is COc1ccc(Nc2nc3cnccc3c3[nH]c4c(=O)[nH]ccc4c23)cc1. The van der Waals surface area contributed by atoms with E-state index in [9.17, 15) is 4.79 Å². The maximum atomic E-state index is 12.3. The third kappa shape index (κ3) is 2.40. The van der Waals surface area contributed by atoms with Crippen LogP contribution in [0.5, 0.6) is 5.75 Å². The highest BCUT2D eigenvalue weighted by molar-refractivity contribution is 6.20. The molecular weight excluding hydrogens is 342 g/mol. The van der Waals surface area contributed by atoms with Gasteiger partial charge in [-0.25, -0.2) is 4.98 Å². The van der Waals surface area contributed by atoms with Crippen molar-refractivity contribution in [1.82, 2.24) is 19.9 Å². The summed E-state index contributed by atoms with van der Waals surface area (Å²) >= 11 is 0. The second kappa shape index (κ2) is 5.84. The molecule has 132 valence electrons. The number of H-pyrrole nitrogens is 2. The smallest absolute Gasteiger partial charge is 0.272 e. The molecule has 1 aromatic carbocycles. The van der Waals surface area contributed by atoms with Crippen LogP contribution < -0.4 is 15.6 Å². The summed E-state index contributed by atoms with van der Waals surface area (Å²) in [5.41, 5.74) is 2.82. The fourth-order valence-corrected chi connectivity index (χ4v) is 3.35. The lowest BCUT2D eigenvalue weighted by molar-refractivity contribution is 0.415. The maximum Gasteiger partial charge on any atom is 0.272 e. The van der Waals surface area contributed by atoms with Gasteiger partial charge in [-0.1, -0.05) is 0 Å². The van der Waals surface area contributed by atoms with Crippen LogP contribution in [-0.2, 0) is 0 Å². The topological polar surface area (TPSA) is 95.7 Å². The first-order valence-corrected chi connectivity index (χ1v) is 8.42. The Morgan fingerprint density at radius 3 is 2.70 bits per heavy atom. The van der Waals surface area contributed by atoms with E-state index in [2.05, 4.69) is 20.3 Å². The molecule has 0 aliphatic heterocycles. The van der Waals surface area contributed by atoms with Gasteiger partial charge in [-0.2, -0.15) is 0 Å². The van der Waals surface area contributed by atoms with Crippen LogP contribution in [0, 0.1) is 0 Å². The molecule has 0 spiro atoms. The molecule has 0 saturated heterocycles. The van der Waals surface area contributed by atoms with Crippen molar-refractivity contribution >= 4 is 44.2 Å². The van der Waals surface area contributed by atoms with Gasteiger partial charge in [0.25, 0.3) is 5.56 Å². The number of nitrogens with one attached hydrogen (secondary N) is 3. The highest BCUT2D eigenvalue weighted by Gasteiger charge is 2.16. The molecule has 0 atom stereocenters. The van der Waals surface area contributed by atoms with Crippen LogP contribution in [0.3, 0.4) is 0 Å². The number of benzene rings is 1. The summed E-state index contributed by atoms with van der Waals surface area (Å²) in [5.74, 6) is 1.44. The number of hydrogen-bond donors (Lipinski definition) is 3. The minimum absolute atomic E-state index is 0.165. The van der Waals surface area contributed by atoms with Gasteiger partial charge in [0.15, 0.2) is 0 Å². The Labute approximate surface area is 153 Å². The number of pyridine rings is 3. The van der Waals surface area contributed by atoms with E-state index in [4.69, 9.17) is 9.72 Å². The Hall–Kier alpha value is -3.87. The molecule has 0 aliphatic carbocycles. The molecule has 0 bridgehead atoms. The molecule has 0 radical (unpaired) electrons. The average Bonchev–Trinajstić information content (AvgIpc) is 3.10. The van der Waals surface area contributed by atoms with E-state index in [1.807, 2.05) is 36.4 Å². The van der Waals surface area contributed by atoms with Crippen LogP contribution >= 0.6 is 0 Å². The van der Waals surface area contributed by atoms with Gasteiger partial charge in [0.1, 0.15) is 17.1 Å². The van der Waals surface area contributed by atoms with Crippen molar-refractivity contribution in [3.05, 3.63) is 65.3 Å². The first-order valence-electron chi connectivity index (χ1n) is 8.42. The molecule has 27 heavy (non-hydrogen) atoms. The van der Waals surface area contributed by atoms with Gasteiger partial charge in [-0.15, -0.1) is 0 Å². The lowest BCUT2D eigenvalue weighted by atomic mass is 10.1. The Kier molecular flexibility index (Phi) is 3.33. The van der Waals surface area contributed by atoms with Gasteiger partial charge in [0.05, 0.1) is 29.7 Å². The first kappa shape index (κ1) is 15.4. The van der Waals surface area contributed by atoms with E-state index in [0.29, 0.717) is 11.3 Å². The van der Waals surface area contributed by atoms with Crippen LogP contribution in [0.4, 0.5) is 11.5 Å². The van der Waals surface area contributed by atoms with Gasteiger partial charge in [-0.3, -0.25) is 9.78 Å². The van der Waals surface area contributed by atoms with Gasteiger partial charge in [0.2, 0.25) is 0 Å². The predicted octanol–water partition coefficient (Wildman–Crippen LogP) is 3.70. The number of aromatic amines is 2. The highest BCUT2D eigenvalue weighted by atomic mass is 16.5. The number of fused-ring (bicyclic) bond motifs is 5. The Morgan fingerprint density at radius 1 is 1.04 bits per heavy atom. The predicted molar refractivity (Wildman–Crippen MR) is 106 cm³/mol. The molecule has 5 aromatic rings. The molecule has 5 rings (SSSR count). The second-order valence-electron chi connectivity index (χ2n) is 6.18. The summed E-state index contributed by atoms with van der Waals surface area (Å²) in [6, 6.07) is 11.4. The Morgan fingerprint density at radius 2 is 1.89 bits per heavy atom. The summed E-state index contributed by atoms with van der Waals surface area (Å²) in [5, 5.41) is 5.96. The molecule has 3 N–H and O–H groups in total. The third-order valence-electron chi connectivity index (χ3n) is 4.62. The normalized spacial score (nSPS) is 11.3. The standard InChI is InChI=1S/C20H15N5O2/c1-27-12-4-2-11(3-5-12)23-19-16-14-7-9-22-20(26)18(14)25-17(16)13-6-8-21-10-15(13)24-19/h2-10,25H,1H3,(H,22,26)(H,23,24). The number of nitrogens with zero attached hydrogens (tertiary/aromatic N) is 2. The maximum absolute atomic E-state index is 12.3. The van der Waals surface area contributed by atoms with Crippen LogP contribution in [0.25, 0.3) is 32.7 Å². The summed E-state index contributed by atoms with van der Waals surface area (Å²) in [7, 11) is 1.63. The van der Waals surface area contributed by atoms with Crippen molar-refractivity contribution < 1.29 is 4.74 Å². The lowest BCUT2D eigenvalue weighted by Crippen LogP contribution is -2.03. The minimum Gasteiger partial charge on any atom is -0.497 e. The van der Waals surface area contributed by atoms with Crippen LogP contribution in [0.2, 0.25) is 0 Å². The van der Waals surface area contributed by atoms with Crippen molar-refractivity contribution in [2.24, 2.45) is 0 Å². The molecule has 0 saturated carbocycles. The quantitative estimate of drug-likeness (QED) is 0.457. The number of rotatable bonds is 3. The van der Waals surface area contributed by atoms with Crippen molar-refractivity contribution in [2.75, 3.05) is 12.4 Å². The van der Waals surface area contributed by atoms with E-state index in [-0.39, 0.29) is 5.56 Å². The van der Waals surface area contributed by atoms with E-state index < -0.39 is 0 Å². The largest absolute Gasteiger partial charge is 0.497 e. The summed E-state index contributed by atoms with van der Waals surface area (Å²) < 4.78 is 5.21. The fourth-order valence-electron chi connectivity index (χ4n) is 3.35. The minimum atomic E-state index is -0.165. The van der Waals surface area contributed by atoms with E-state index in [1.54, 1.807) is 25.7 Å². The van der Waals surface area contributed by atoms with Gasteiger partial charge >= 0.3 is 0 Å². The lowest BCUT2D eigenvalue weighted by Gasteiger charge is -2.10. The van der Waals surface area contributed by atoms with E-state index >= 15 is 0 Å². The highest BCUT2D eigenvalue weighted by Crippen LogP contribution is 2.35. The summed E-state index contributed by atoms with van der Waals surface area (Å²) in [6.07, 6.45) is 5.07. The molecule has 7 heteroatoms. The molecule has 7 nitrogen and oxygen atoms in total. The number of ether oxygens (including phenoxy) is 1. The molecule has 4 heterocycles. The number of anilines is 2. The van der Waals surface area contributed by atoms with Crippen LogP contribution in [-0.4, -0.2) is 27.0 Å². The van der Waals surface area contributed by atoms with Crippen LogP contribution in [0.15, 0.2) is 59.8 Å². The van der Waals surface area contributed by atoms with Crippen LogP contribution in [0.1, 0.15) is 0 Å². The van der Waals surface area contributed by atoms with Crippen molar-refractivity contribution in [2.45, 2.75) is 0 Å². The first-order chi connectivity index (χ1) is 13.2. The van der Waals surface area contributed by atoms with Crippen molar-refractivity contribution in [3.8, 4) is 5.75 Å². The van der Waals surface area contributed by atoms with Gasteiger partial charge < -0.3 is 20.0 Å². The number of aromatic nitrogens is 4. The monoisotopic (exact) mass is 357 g/mol. The Balaban J connectivity index is 1.82. The molecule has 0 aliphatic rings. The van der Waals surface area contributed by atoms with E-state index in [1.165, 1.54) is 0 Å². The average molecular weight is 357 g/mol. The van der Waals surface area contributed by atoms with Gasteiger partial charge in [-0.05, 0) is 36.4 Å². The number of methoxy groups -OCH3 is 1. The zero-order valence-corrected chi connectivity index (χ0v) is 14.4. The fraction of sp³-hybridized carbons (Fsp3) is 0.0500. The van der Waals surface area contributed by atoms with Crippen molar-refractivity contribution in [3.63, 3.8) is 0 Å². The summed E-state index contributed by atoms with van der Waals surface area (Å²) in [4.78, 5) is 27.2. The zero-order chi connectivity index (χ0) is 18.4. The number of hydrogen-bond acceptors (Lipinski definition) is 5. The Bertz CT molecular complexity index is 1350. The van der Waals surface area contributed by atoms with E-state index in [0.717, 1.165) is 38.6 Å². The third-order valence-corrected chi connectivity index (χ3v) is 4.62. The van der Waals surface area contributed by atoms with Gasteiger partial charge in [0, 0.05) is 28.9 Å². The summed E-state index contributed by atoms with van der Waals surface area (Å²) in [6.45, 7) is 0. The van der Waals surface area contributed by atoms with Crippen molar-refractivity contribution in [1.29, 1.82) is 0 Å². The second-order valence-corrected chi connectivity index (χ2v) is 6.18. The molecule has 0 amide bonds.